The minimum atomic E-state index is 0.0528. The zero-order valence-electron chi connectivity index (χ0n) is 16.3. The van der Waals surface area contributed by atoms with Gasteiger partial charge in [0.25, 0.3) is 0 Å². The van der Waals surface area contributed by atoms with Crippen molar-refractivity contribution in [3.05, 3.63) is 59.2 Å². The third kappa shape index (κ3) is 3.93. The van der Waals surface area contributed by atoms with Gasteiger partial charge in [0.2, 0.25) is 12.7 Å². The monoisotopic (exact) mass is 392 g/mol. The average molecular weight is 392 g/mol. The largest absolute Gasteiger partial charge is 0.493 e. The Labute approximate surface area is 170 Å². The van der Waals surface area contributed by atoms with Crippen molar-refractivity contribution in [2.24, 2.45) is 0 Å². The lowest BCUT2D eigenvalue weighted by Crippen LogP contribution is -2.47. The summed E-state index contributed by atoms with van der Waals surface area (Å²) in [5, 5.41) is 0. The van der Waals surface area contributed by atoms with Gasteiger partial charge in [0.1, 0.15) is 5.75 Å². The van der Waals surface area contributed by atoms with Crippen molar-refractivity contribution in [2.45, 2.75) is 13.0 Å². The lowest BCUT2D eigenvalue weighted by Gasteiger charge is -2.34. The highest BCUT2D eigenvalue weighted by atomic mass is 16.7. The second kappa shape index (κ2) is 7.79. The molecule has 5 rings (SSSR count). The predicted octanol–water partition coefficient (Wildman–Crippen LogP) is 2.71. The van der Waals surface area contributed by atoms with Gasteiger partial charge in [-0.2, -0.15) is 0 Å². The maximum Gasteiger partial charge on any atom is 0.246 e. The van der Waals surface area contributed by atoms with Crippen LogP contribution in [0.25, 0.3) is 6.08 Å². The fourth-order valence-electron chi connectivity index (χ4n) is 4.01. The van der Waals surface area contributed by atoms with E-state index in [1.165, 1.54) is 11.1 Å². The molecule has 2 aromatic carbocycles. The molecule has 0 spiro atoms. The molecule has 1 fully saturated rings. The van der Waals surface area contributed by atoms with Crippen molar-refractivity contribution in [2.75, 3.05) is 39.6 Å². The van der Waals surface area contributed by atoms with Crippen molar-refractivity contribution in [1.82, 2.24) is 9.80 Å². The van der Waals surface area contributed by atoms with Crippen molar-refractivity contribution in [3.63, 3.8) is 0 Å². The van der Waals surface area contributed by atoms with E-state index < -0.39 is 0 Å². The van der Waals surface area contributed by atoms with E-state index in [2.05, 4.69) is 23.1 Å². The van der Waals surface area contributed by atoms with Crippen LogP contribution in [0.4, 0.5) is 0 Å². The fraction of sp³-hybridized carbons (Fsp3) is 0.348. The molecule has 29 heavy (non-hydrogen) atoms. The van der Waals surface area contributed by atoms with E-state index in [-0.39, 0.29) is 12.7 Å². The van der Waals surface area contributed by atoms with Crippen LogP contribution < -0.4 is 14.2 Å². The van der Waals surface area contributed by atoms with Crippen molar-refractivity contribution in [1.29, 1.82) is 0 Å². The number of carbonyl (C=O) groups is 1. The maximum absolute atomic E-state index is 12.5. The van der Waals surface area contributed by atoms with E-state index in [0.717, 1.165) is 68.6 Å². The molecule has 3 heterocycles. The summed E-state index contributed by atoms with van der Waals surface area (Å²) in [6.07, 6.45) is 4.48. The van der Waals surface area contributed by atoms with Crippen LogP contribution in [0, 0.1) is 0 Å². The van der Waals surface area contributed by atoms with E-state index in [1.54, 1.807) is 6.08 Å². The summed E-state index contributed by atoms with van der Waals surface area (Å²) in [6.45, 7) is 5.23. The van der Waals surface area contributed by atoms with E-state index in [4.69, 9.17) is 14.2 Å². The predicted molar refractivity (Wildman–Crippen MR) is 109 cm³/mol. The van der Waals surface area contributed by atoms with Crippen LogP contribution in [0.15, 0.2) is 42.5 Å². The topological polar surface area (TPSA) is 51.2 Å². The normalized spacial score (nSPS) is 18.1. The summed E-state index contributed by atoms with van der Waals surface area (Å²) in [7, 11) is 0. The maximum atomic E-state index is 12.5. The van der Waals surface area contributed by atoms with Crippen molar-refractivity contribution >= 4 is 12.0 Å². The quantitative estimate of drug-likeness (QED) is 0.749. The summed E-state index contributed by atoms with van der Waals surface area (Å²) in [4.78, 5) is 16.9. The molecule has 2 aromatic rings. The van der Waals surface area contributed by atoms with Gasteiger partial charge >= 0.3 is 0 Å². The summed E-state index contributed by atoms with van der Waals surface area (Å²) in [5.41, 5.74) is 3.56. The summed E-state index contributed by atoms with van der Waals surface area (Å²) >= 11 is 0. The van der Waals surface area contributed by atoms with Gasteiger partial charge in [-0.15, -0.1) is 0 Å². The van der Waals surface area contributed by atoms with Crippen LogP contribution in [-0.4, -0.2) is 55.3 Å². The Balaban J connectivity index is 1.14. The highest BCUT2D eigenvalue weighted by Gasteiger charge is 2.20. The van der Waals surface area contributed by atoms with Gasteiger partial charge < -0.3 is 19.1 Å². The van der Waals surface area contributed by atoms with Gasteiger partial charge in [0, 0.05) is 45.2 Å². The van der Waals surface area contributed by atoms with Crippen LogP contribution in [0.5, 0.6) is 17.2 Å². The van der Waals surface area contributed by atoms with E-state index in [9.17, 15) is 4.79 Å². The molecule has 0 radical (unpaired) electrons. The Hall–Kier alpha value is -2.99. The molecule has 1 amide bonds. The second-order valence-electron chi connectivity index (χ2n) is 7.59. The van der Waals surface area contributed by atoms with E-state index >= 15 is 0 Å². The lowest BCUT2D eigenvalue weighted by molar-refractivity contribution is -0.127. The zero-order valence-corrected chi connectivity index (χ0v) is 16.3. The summed E-state index contributed by atoms with van der Waals surface area (Å²) < 4.78 is 16.3. The molecule has 3 aliphatic rings. The van der Waals surface area contributed by atoms with Gasteiger partial charge in [0.05, 0.1) is 6.61 Å². The van der Waals surface area contributed by atoms with Crippen molar-refractivity contribution in [3.8, 4) is 17.2 Å². The number of fused-ring (bicyclic) bond motifs is 2. The molecule has 6 heteroatoms. The number of hydrogen-bond acceptors (Lipinski definition) is 5. The molecule has 0 unspecified atom stereocenters. The van der Waals surface area contributed by atoms with Gasteiger partial charge in [0.15, 0.2) is 11.5 Å². The molecule has 0 N–H and O–H groups in total. The SMILES string of the molecule is O=C(/C=C/c1ccc2c(c1)OCO2)N1CCN(Cc2ccc3c(c2)CCO3)CC1. The first-order valence-electron chi connectivity index (χ1n) is 10.1. The standard InChI is InChI=1S/C23H24N2O4/c26-23(6-3-17-1-5-21-22(14-17)29-16-28-21)25-10-8-24(9-11-25)15-18-2-4-20-19(13-18)7-12-27-20/h1-6,13-14H,7-12,15-16H2/b6-3+. The van der Waals surface area contributed by atoms with Gasteiger partial charge in [-0.3, -0.25) is 9.69 Å². The number of benzene rings is 2. The van der Waals surface area contributed by atoms with Crippen LogP contribution in [0.3, 0.4) is 0 Å². The molecule has 3 aliphatic heterocycles. The molecule has 150 valence electrons. The first kappa shape index (κ1) is 18.1. The number of nitrogens with zero attached hydrogens (tertiary/aromatic N) is 2. The Kier molecular flexibility index (Phi) is 4.86. The third-order valence-electron chi connectivity index (χ3n) is 5.66. The Bertz CT molecular complexity index is 948. The molecular formula is C23H24N2O4. The van der Waals surface area contributed by atoms with Crippen LogP contribution in [0.1, 0.15) is 16.7 Å². The second-order valence-corrected chi connectivity index (χ2v) is 7.59. The number of rotatable bonds is 4. The number of hydrogen-bond donors (Lipinski definition) is 0. The van der Waals surface area contributed by atoms with Crippen LogP contribution >= 0.6 is 0 Å². The molecule has 0 aromatic heterocycles. The van der Waals surface area contributed by atoms with Crippen molar-refractivity contribution < 1.29 is 19.0 Å². The molecule has 1 saturated heterocycles. The highest BCUT2D eigenvalue weighted by Crippen LogP contribution is 2.32. The van der Waals surface area contributed by atoms with Gasteiger partial charge in [-0.1, -0.05) is 18.2 Å². The molecule has 0 atom stereocenters. The number of piperazine rings is 1. The van der Waals surface area contributed by atoms with Crippen LogP contribution in [-0.2, 0) is 17.8 Å². The summed E-state index contributed by atoms with van der Waals surface area (Å²) in [5.74, 6) is 2.56. The Morgan fingerprint density at radius 2 is 1.76 bits per heavy atom. The first-order chi connectivity index (χ1) is 14.2. The molecular weight excluding hydrogens is 368 g/mol. The lowest BCUT2D eigenvalue weighted by atomic mass is 10.1. The molecule has 0 saturated carbocycles. The molecule has 0 bridgehead atoms. The van der Waals surface area contributed by atoms with Gasteiger partial charge in [-0.25, -0.2) is 0 Å². The number of amides is 1. The van der Waals surface area contributed by atoms with Gasteiger partial charge in [-0.05, 0) is 41.0 Å². The minimum absolute atomic E-state index is 0.0528. The first-order valence-corrected chi connectivity index (χ1v) is 10.1. The minimum Gasteiger partial charge on any atom is -0.493 e. The molecule has 0 aliphatic carbocycles. The van der Waals surface area contributed by atoms with E-state index in [0.29, 0.717) is 0 Å². The summed E-state index contributed by atoms with van der Waals surface area (Å²) in [6, 6.07) is 12.2. The average Bonchev–Trinajstić information content (AvgIpc) is 3.41. The smallest absolute Gasteiger partial charge is 0.246 e. The van der Waals surface area contributed by atoms with E-state index in [1.807, 2.05) is 29.2 Å². The number of carbonyl (C=O) groups excluding carboxylic acids is 1. The van der Waals surface area contributed by atoms with Crippen LogP contribution in [0.2, 0.25) is 0 Å². The highest BCUT2D eigenvalue weighted by molar-refractivity contribution is 5.92. The third-order valence-corrected chi connectivity index (χ3v) is 5.66. The number of ether oxygens (including phenoxy) is 3. The Morgan fingerprint density at radius 3 is 2.66 bits per heavy atom. The Morgan fingerprint density at radius 1 is 0.931 bits per heavy atom. The fourth-order valence-corrected chi connectivity index (χ4v) is 4.01. The zero-order chi connectivity index (χ0) is 19.6. The molecule has 6 nitrogen and oxygen atoms in total.